The van der Waals surface area contributed by atoms with Gasteiger partial charge in [-0.05, 0) is 50.1 Å². The van der Waals surface area contributed by atoms with Crippen LogP contribution >= 0.6 is 11.3 Å². The number of thiazole rings is 1. The van der Waals surface area contributed by atoms with Gasteiger partial charge in [0.15, 0.2) is 0 Å². The molecule has 0 spiro atoms. The van der Waals surface area contributed by atoms with Crippen LogP contribution in [0.2, 0.25) is 0 Å². The van der Waals surface area contributed by atoms with Crippen molar-refractivity contribution in [1.82, 2.24) is 14.5 Å². The number of hydrogen-bond acceptors (Lipinski definition) is 3. The van der Waals surface area contributed by atoms with Crippen molar-refractivity contribution >= 4 is 21.6 Å². The smallest absolute Gasteiger partial charge is 0.144 e. The second-order valence-electron chi connectivity index (χ2n) is 5.90. The molecule has 4 rings (SSSR count). The lowest BCUT2D eigenvalue weighted by Gasteiger charge is -2.15. The molecule has 0 bridgehead atoms. The van der Waals surface area contributed by atoms with Crippen LogP contribution in [0.25, 0.3) is 27.3 Å². The van der Waals surface area contributed by atoms with Crippen molar-refractivity contribution in [1.29, 1.82) is 0 Å². The molecule has 4 aromatic rings. The van der Waals surface area contributed by atoms with Crippen LogP contribution in [0.15, 0.2) is 48.2 Å². The number of nitrogens with zero attached hydrogens (tertiary/aromatic N) is 3. The fourth-order valence-electron chi connectivity index (χ4n) is 3.25. The Bertz CT molecular complexity index is 987. The number of benzene rings is 2. The summed E-state index contributed by atoms with van der Waals surface area (Å²) >= 11 is 1.66. The summed E-state index contributed by atoms with van der Waals surface area (Å²) < 4.78 is 3.38. The van der Waals surface area contributed by atoms with Crippen LogP contribution in [0, 0.1) is 20.8 Å². The zero-order valence-corrected chi connectivity index (χ0v) is 14.2. The molecule has 23 heavy (non-hydrogen) atoms. The van der Waals surface area contributed by atoms with Crippen molar-refractivity contribution < 1.29 is 0 Å². The highest BCUT2D eigenvalue weighted by Gasteiger charge is 2.13. The van der Waals surface area contributed by atoms with Crippen molar-refractivity contribution in [3.05, 3.63) is 64.9 Å². The third-order valence-corrected chi connectivity index (χ3v) is 4.92. The SMILES string of the molecule is Cc1cc(C)c(-n2ccnc2-c2ccc3scnc3c2)c(C)c1. The lowest BCUT2D eigenvalue weighted by molar-refractivity contribution is 1.03. The van der Waals surface area contributed by atoms with Gasteiger partial charge in [0.25, 0.3) is 0 Å². The van der Waals surface area contributed by atoms with E-state index < -0.39 is 0 Å². The summed E-state index contributed by atoms with van der Waals surface area (Å²) in [7, 11) is 0. The highest BCUT2D eigenvalue weighted by molar-refractivity contribution is 7.16. The second kappa shape index (κ2) is 5.32. The molecule has 3 nitrogen and oxygen atoms in total. The first-order chi connectivity index (χ1) is 11.1. The van der Waals surface area contributed by atoms with Crippen LogP contribution in [0.1, 0.15) is 16.7 Å². The molecule has 0 amide bonds. The van der Waals surface area contributed by atoms with Crippen LogP contribution in [0.5, 0.6) is 0 Å². The zero-order valence-electron chi connectivity index (χ0n) is 13.4. The van der Waals surface area contributed by atoms with Crippen molar-refractivity contribution in [2.24, 2.45) is 0 Å². The van der Waals surface area contributed by atoms with Crippen molar-refractivity contribution in [2.75, 3.05) is 0 Å². The Morgan fingerprint density at radius 1 is 0.957 bits per heavy atom. The molecule has 0 N–H and O–H groups in total. The Labute approximate surface area is 139 Å². The Hall–Kier alpha value is -2.46. The van der Waals surface area contributed by atoms with Crippen LogP contribution < -0.4 is 0 Å². The largest absolute Gasteiger partial charge is 0.299 e. The van der Waals surface area contributed by atoms with Gasteiger partial charge < -0.3 is 0 Å². The Morgan fingerprint density at radius 3 is 2.52 bits per heavy atom. The lowest BCUT2D eigenvalue weighted by Crippen LogP contribution is -2.02. The van der Waals surface area contributed by atoms with Gasteiger partial charge in [0.1, 0.15) is 5.82 Å². The molecule has 0 atom stereocenters. The van der Waals surface area contributed by atoms with Crippen molar-refractivity contribution in [2.45, 2.75) is 20.8 Å². The molecular formula is C19H17N3S. The average Bonchev–Trinajstić information content (AvgIpc) is 3.13. The quantitative estimate of drug-likeness (QED) is 0.516. The minimum absolute atomic E-state index is 0.954. The normalized spacial score (nSPS) is 11.3. The van der Waals surface area contributed by atoms with Gasteiger partial charge in [-0.1, -0.05) is 17.7 Å². The van der Waals surface area contributed by atoms with Gasteiger partial charge in [-0.2, -0.15) is 0 Å². The molecule has 0 aliphatic rings. The molecule has 0 unspecified atom stereocenters. The first-order valence-corrected chi connectivity index (χ1v) is 8.46. The van der Waals surface area contributed by atoms with E-state index in [-0.39, 0.29) is 0 Å². The topological polar surface area (TPSA) is 30.7 Å². The Morgan fingerprint density at radius 2 is 1.74 bits per heavy atom. The Balaban J connectivity index is 1.92. The molecule has 0 aliphatic heterocycles. The fourth-order valence-corrected chi connectivity index (χ4v) is 3.91. The van der Waals surface area contributed by atoms with Crippen LogP contribution in [-0.4, -0.2) is 14.5 Å². The summed E-state index contributed by atoms with van der Waals surface area (Å²) in [4.78, 5) is 9.02. The van der Waals surface area contributed by atoms with E-state index in [1.807, 2.05) is 17.9 Å². The standard InChI is InChI=1S/C19H17N3S/c1-12-8-13(2)18(14(3)9-12)22-7-6-20-19(22)15-4-5-17-16(10-15)21-11-23-17/h4-11H,1-3H3. The van der Waals surface area contributed by atoms with E-state index in [0.717, 1.165) is 16.9 Å². The number of hydrogen-bond donors (Lipinski definition) is 0. The van der Waals surface area contributed by atoms with Gasteiger partial charge >= 0.3 is 0 Å². The van der Waals surface area contributed by atoms with Crippen LogP contribution in [0.4, 0.5) is 0 Å². The predicted molar refractivity (Wildman–Crippen MR) is 96.4 cm³/mol. The van der Waals surface area contributed by atoms with Gasteiger partial charge in [0.2, 0.25) is 0 Å². The van der Waals surface area contributed by atoms with Gasteiger partial charge in [0.05, 0.1) is 21.4 Å². The summed E-state index contributed by atoms with van der Waals surface area (Å²) in [6, 6.07) is 10.8. The molecule has 4 heteroatoms. The van der Waals surface area contributed by atoms with Gasteiger partial charge in [0, 0.05) is 18.0 Å². The minimum Gasteiger partial charge on any atom is -0.299 e. The van der Waals surface area contributed by atoms with Gasteiger partial charge in [-0.3, -0.25) is 4.57 Å². The summed E-state index contributed by atoms with van der Waals surface area (Å²) in [6.07, 6.45) is 3.89. The van der Waals surface area contributed by atoms with E-state index in [1.54, 1.807) is 11.3 Å². The third-order valence-electron chi connectivity index (χ3n) is 4.11. The summed E-state index contributed by atoms with van der Waals surface area (Å²) in [5.41, 5.74) is 9.02. The summed E-state index contributed by atoms with van der Waals surface area (Å²) in [6.45, 7) is 6.44. The summed E-state index contributed by atoms with van der Waals surface area (Å²) in [5, 5.41) is 0. The van der Waals surface area contributed by atoms with Crippen LogP contribution in [0.3, 0.4) is 0 Å². The maximum absolute atomic E-state index is 4.60. The van der Waals surface area contributed by atoms with E-state index in [2.05, 4.69) is 65.6 Å². The lowest BCUT2D eigenvalue weighted by atomic mass is 10.0. The molecule has 2 heterocycles. The van der Waals surface area contributed by atoms with E-state index >= 15 is 0 Å². The number of aryl methyl sites for hydroxylation is 3. The second-order valence-corrected chi connectivity index (χ2v) is 6.79. The van der Waals surface area contributed by atoms with Crippen LogP contribution in [-0.2, 0) is 0 Å². The van der Waals surface area contributed by atoms with E-state index in [1.165, 1.54) is 27.1 Å². The molecule has 0 radical (unpaired) electrons. The molecule has 0 aliphatic carbocycles. The average molecular weight is 319 g/mol. The van der Waals surface area contributed by atoms with Crippen molar-refractivity contribution in [3.8, 4) is 17.1 Å². The third kappa shape index (κ3) is 2.35. The monoisotopic (exact) mass is 319 g/mol. The Kier molecular flexibility index (Phi) is 3.27. The molecular weight excluding hydrogens is 302 g/mol. The van der Waals surface area contributed by atoms with Gasteiger partial charge in [-0.15, -0.1) is 11.3 Å². The number of rotatable bonds is 2. The molecule has 114 valence electrons. The highest BCUT2D eigenvalue weighted by Crippen LogP contribution is 2.29. The number of aromatic nitrogens is 3. The maximum atomic E-state index is 4.60. The van der Waals surface area contributed by atoms with Gasteiger partial charge in [-0.25, -0.2) is 9.97 Å². The highest BCUT2D eigenvalue weighted by atomic mass is 32.1. The molecule has 0 saturated heterocycles. The number of imidazole rings is 1. The van der Waals surface area contributed by atoms with E-state index in [9.17, 15) is 0 Å². The molecule has 0 fully saturated rings. The van der Waals surface area contributed by atoms with E-state index in [4.69, 9.17) is 0 Å². The maximum Gasteiger partial charge on any atom is 0.144 e. The van der Waals surface area contributed by atoms with E-state index in [0.29, 0.717) is 0 Å². The summed E-state index contributed by atoms with van der Waals surface area (Å²) in [5.74, 6) is 0.954. The predicted octanol–water partition coefficient (Wildman–Crippen LogP) is 5.07. The first kappa shape index (κ1) is 14.2. The number of fused-ring (bicyclic) bond motifs is 1. The minimum atomic E-state index is 0.954. The zero-order chi connectivity index (χ0) is 16.0. The molecule has 0 saturated carbocycles. The van der Waals surface area contributed by atoms with Crippen molar-refractivity contribution in [3.63, 3.8) is 0 Å². The molecule has 2 aromatic carbocycles. The fraction of sp³-hybridized carbons (Fsp3) is 0.158. The first-order valence-electron chi connectivity index (χ1n) is 7.58. The molecule has 2 aromatic heterocycles.